The van der Waals surface area contributed by atoms with Crippen molar-refractivity contribution < 1.29 is 0 Å². The van der Waals surface area contributed by atoms with Crippen LogP contribution in [-0.4, -0.2) is 17.6 Å². The maximum Gasteiger partial charge on any atom is 0.152 e. The molecule has 2 rings (SSSR count). The largest absolute Gasteiger partial charge is 0.396 e. The lowest BCUT2D eigenvalue weighted by atomic mass is 9.86. The number of pyridine rings is 1. The van der Waals surface area contributed by atoms with E-state index in [0.29, 0.717) is 29.1 Å². The molecule has 1 aromatic heterocycles. The molecule has 3 unspecified atom stereocenters. The number of nitrogens with two attached hydrogens (primary N) is 1. The van der Waals surface area contributed by atoms with Crippen LogP contribution in [-0.2, 0) is 0 Å². The summed E-state index contributed by atoms with van der Waals surface area (Å²) in [6.45, 7) is 7.73. The van der Waals surface area contributed by atoms with Crippen LogP contribution in [0.5, 0.6) is 0 Å². The van der Waals surface area contributed by atoms with Crippen LogP contribution in [0.15, 0.2) is 12.3 Å². The van der Waals surface area contributed by atoms with Crippen molar-refractivity contribution in [2.75, 3.05) is 17.2 Å². The Kier molecular flexibility index (Phi) is 3.42. The molecule has 3 atom stereocenters. The highest BCUT2D eigenvalue weighted by Gasteiger charge is 2.30. The molecule has 0 bridgehead atoms. The van der Waals surface area contributed by atoms with E-state index in [9.17, 15) is 0 Å². The maximum atomic E-state index is 8.84. The van der Waals surface area contributed by atoms with Gasteiger partial charge in [-0.05, 0) is 31.2 Å². The minimum atomic E-state index is 0.434. The quantitative estimate of drug-likeness (QED) is 0.823. The van der Waals surface area contributed by atoms with Crippen LogP contribution in [0.25, 0.3) is 0 Å². The van der Waals surface area contributed by atoms with Gasteiger partial charge in [0, 0.05) is 18.8 Å². The molecular formula is C14H20N4. The van der Waals surface area contributed by atoms with Gasteiger partial charge in [0.2, 0.25) is 0 Å². The summed E-state index contributed by atoms with van der Waals surface area (Å²) >= 11 is 0. The number of aromatic nitrogens is 1. The minimum Gasteiger partial charge on any atom is -0.396 e. The monoisotopic (exact) mass is 244 g/mol. The van der Waals surface area contributed by atoms with E-state index in [1.165, 1.54) is 6.42 Å². The van der Waals surface area contributed by atoms with Gasteiger partial charge in [-0.15, -0.1) is 0 Å². The molecule has 0 saturated carbocycles. The molecule has 1 saturated heterocycles. The number of nitrogens with zero attached hydrogens (tertiary/aromatic N) is 3. The second-order valence-corrected chi connectivity index (χ2v) is 5.46. The molecule has 96 valence electrons. The van der Waals surface area contributed by atoms with Gasteiger partial charge in [0.1, 0.15) is 6.07 Å². The zero-order valence-corrected chi connectivity index (χ0v) is 11.2. The SMILES string of the molecule is CC1CC(C)C(C)N(c2ncc(C#N)cc2N)C1. The normalized spacial score (nSPS) is 27.9. The molecule has 4 nitrogen and oxygen atoms in total. The van der Waals surface area contributed by atoms with Gasteiger partial charge in [-0.25, -0.2) is 4.98 Å². The molecule has 2 N–H and O–H groups in total. The summed E-state index contributed by atoms with van der Waals surface area (Å²) in [5.41, 5.74) is 7.14. The van der Waals surface area contributed by atoms with E-state index in [4.69, 9.17) is 11.0 Å². The minimum absolute atomic E-state index is 0.434. The molecule has 1 aromatic rings. The molecular weight excluding hydrogens is 224 g/mol. The third-order valence-electron chi connectivity index (χ3n) is 3.89. The highest BCUT2D eigenvalue weighted by Crippen LogP contribution is 2.33. The van der Waals surface area contributed by atoms with Crippen molar-refractivity contribution in [3.63, 3.8) is 0 Å². The van der Waals surface area contributed by atoms with Crippen molar-refractivity contribution in [1.29, 1.82) is 5.26 Å². The second kappa shape index (κ2) is 4.85. The van der Waals surface area contributed by atoms with Crippen molar-refractivity contribution in [1.82, 2.24) is 4.98 Å². The van der Waals surface area contributed by atoms with Crippen LogP contribution < -0.4 is 10.6 Å². The number of nitrogen functional groups attached to an aromatic ring is 1. The molecule has 4 heteroatoms. The van der Waals surface area contributed by atoms with Crippen LogP contribution in [0.1, 0.15) is 32.8 Å². The fourth-order valence-electron chi connectivity index (χ4n) is 2.77. The van der Waals surface area contributed by atoms with Crippen molar-refractivity contribution >= 4 is 11.5 Å². The Hall–Kier alpha value is -1.76. The van der Waals surface area contributed by atoms with Crippen LogP contribution in [0, 0.1) is 23.2 Å². The first-order valence-corrected chi connectivity index (χ1v) is 6.45. The lowest BCUT2D eigenvalue weighted by molar-refractivity contribution is 0.296. The van der Waals surface area contributed by atoms with Crippen LogP contribution in [0.2, 0.25) is 0 Å². The summed E-state index contributed by atoms with van der Waals surface area (Å²) in [5, 5.41) is 8.84. The van der Waals surface area contributed by atoms with Gasteiger partial charge < -0.3 is 10.6 Å². The summed E-state index contributed by atoms with van der Waals surface area (Å²) < 4.78 is 0. The molecule has 0 amide bonds. The van der Waals surface area contributed by atoms with Crippen molar-refractivity contribution in [2.24, 2.45) is 11.8 Å². The summed E-state index contributed by atoms with van der Waals surface area (Å²) in [7, 11) is 0. The summed E-state index contributed by atoms with van der Waals surface area (Å²) in [5.74, 6) is 2.10. The Morgan fingerprint density at radius 3 is 2.78 bits per heavy atom. The van der Waals surface area contributed by atoms with E-state index in [2.05, 4.69) is 36.7 Å². The van der Waals surface area contributed by atoms with Gasteiger partial charge in [0.25, 0.3) is 0 Å². The molecule has 0 aromatic carbocycles. The number of hydrogen-bond donors (Lipinski definition) is 1. The third-order valence-corrected chi connectivity index (χ3v) is 3.89. The molecule has 18 heavy (non-hydrogen) atoms. The highest BCUT2D eigenvalue weighted by molar-refractivity contribution is 5.65. The fourth-order valence-corrected chi connectivity index (χ4v) is 2.77. The second-order valence-electron chi connectivity index (χ2n) is 5.46. The lowest BCUT2D eigenvalue weighted by Gasteiger charge is -2.42. The first-order chi connectivity index (χ1) is 8.52. The molecule has 1 aliphatic heterocycles. The number of piperidine rings is 1. The Bertz CT molecular complexity index is 477. The fraction of sp³-hybridized carbons (Fsp3) is 0.571. The highest BCUT2D eigenvalue weighted by atomic mass is 15.2. The number of anilines is 2. The molecule has 1 fully saturated rings. The van der Waals surface area contributed by atoms with E-state index in [1.54, 1.807) is 12.3 Å². The van der Waals surface area contributed by atoms with Gasteiger partial charge in [-0.3, -0.25) is 0 Å². The smallest absolute Gasteiger partial charge is 0.152 e. The van der Waals surface area contributed by atoms with Gasteiger partial charge >= 0.3 is 0 Å². The topological polar surface area (TPSA) is 65.9 Å². The predicted molar refractivity (Wildman–Crippen MR) is 73.1 cm³/mol. The van der Waals surface area contributed by atoms with Crippen LogP contribution in [0.3, 0.4) is 0 Å². The number of hydrogen-bond acceptors (Lipinski definition) is 4. The van der Waals surface area contributed by atoms with Gasteiger partial charge in [0.15, 0.2) is 5.82 Å². The standard InChI is InChI=1S/C14H20N4/c1-9-4-10(2)11(3)18(8-9)14-13(16)5-12(6-15)7-17-14/h5,7,9-11H,4,8,16H2,1-3H3. The van der Waals surface area contributed by atoms with Gasteiger partial charge in [-0.2, -0.15) is 5.26 Å². The summed E-state index contributed by atoms with van der Waals surface area (Å²) in [6.07, 6.45) is 2.84. The van der Waals surface area contributed by atoms with E-state index >= 15 is 0 Å². The first kappa shape index (κ1) is 12.7. The Morgan fingerprint density at radius 1 is 1.44 bits per heavy atom. The van der Waals surface area contributed by atoms with E-state index in [0.717, 1.165) is 12.4 Å². The zero-order chi connectivity index (χ0) is 13.3. The lowest BCUT2D eigenvalue weighted by Crippen LogP contribution is -2.46. The van der Waals surface area contributed by atoms with Crippen molar-refractivity contribution in [3.8, 4) is 6.07 Å². The maximum absolute atomic E-state index is 8.84. The van der Waals surface area contributed by atoms with E-state index in [-0.39, 0.29) is 0 Å². The molecule has 0 aliphatic carbocycles. The average Bonchev–Trinajstić information content (AvgIpc) is 2.34. The van der Waals surface area contributed by atoms with Crippen molar-refractivity contribution in [2.45, 2.75) is 33.2 Å². The Labute approximate surface area is 108 Å². The van der Waals surface area contributed by atoms with Crippen LogP contribution in [0.4, 0.5) is 11.5 Å². The Morgan fingerprint density at radius 2 is 2.17 bits per heavy atom. The zero-order valence-electron chi connectivity index (χ0n) is 11.2. The molecule has 0 spiro atoms. The van der Waals surface area contributed by atoms with Crippen LogP contribution >= 0.6 is 0 Å². The molecule has 1 aliphatic rings. The summed E-state index contributed by atoms with van der Waals surface area (Å²) in [6, 6.07) is 4.21. The Balaban J connectivity index is 2.33. The van der Waals surface area contributed by atoms with E-state index in [1.807, 2.05) is 0 Å². The molecule has 2 heterocycles. The number of nitriles is 1. The summed E-state index contributed by atoms with van der Waals surface area (Å²) in [4.78, 5) is 6.64. The van der Waals surface area contributed by atoms with Gasteiger partial charge in [0.05, 0.1) is 11.3 Å². The predicted octanol–water partition coefficient (Wildman–Crippen LogP) is 2.41. The molecule has 0 radical (unpaired) electrons. The number of rotatable bonds is 1. The first-order valence-electron chi connectivity index (χ1n) is 6.45. The average molecular weight is 244 g/mol. The van der Waals surface area contributed by atoms with Gasteiger partial charge in [-0.1, -0.05) is 13.8 Å². The third kappa shape index (κ3) is 2.26. The van der Waals surface area contributed by atoms with Crippen molar-refractivity contribution in [3.05, 3.63) is 17.8 Å². The van der Waals surface area contributed by atoms with E-state index < -0.39 is 0 Å².